The lowest BCUT2D eigenvalue weighted by Crippen LogP contribution is -2.33. The van der Waals surface area contributed by atoms with Crippen molar-refractivity contribution in [3.05, 3.63) is 29.8 Å². The third kappa shape index (κ3) is 5.75. The SMILES string of the molecule is CCN(CCCO)C(=O)CCOc1cccc(C)c1. The summed E-state index contributed by atoms with van der Waals surface area (Å²) in [6.07, 6.45) is 0.992. The van der Waals surface area contributed by atoms with Gasteiger partial charge in [0.2, 0.25) is 5.91 Å². The molecule has 106 valence electrons. The molecule has 0 spiro atoms. The largest absolute Gasteiger partial charge is 0.493 e. The maximum absolute atomic E-state index is 11.9. The van der Waals surface area contributed by atoms with Crippen LogP contribution in [0.5, 0.6) is 5.75 Å². The predicted molar refractivity (Wildman–Crippen MR) is 75.2 cm³/mol. The van der Waals surface area contributed by atoms with Crippen molar-refractivity contribution >= 4 is 5.91 Å². The Balaban J connectivity index is 2.33. The molecule has 0 radical (unpaired) electrons. The lowest BCUT2D eigenvalue weighted by Gasteiger charge is -2.20. The number of aryl methyl sites for hydroxylation is 1. The van der Waals surface area contributed by atoms with Crippen LogP contribution >= 0.6 is 0 Å². The highest BCUT2D eigenvalue weighted by molar-refractivity contribution is 5.76. The van der Waals surface area contributed by atoms with Crippen LogP contribution in [0.25, 0.3) is 0 Å². The first-order chi connectivity index (χ1) is 9.17. The molecule has 0 aromatic heterocycles. The molecule has 0 aliphatic rings. The smallest absolute Gasteiger partial charge is 0.225 e. The number of aliphatic hydroxyl groups is 1. The highest BCUT2D eigenvalue weighted by Crippen LogP contribution is 2.12. The Bertz CT molecular complexity index is 393. The van der Waals surface area contributed by atoms with E-state index in [4.69, 9.17) is 9.84 Å². The van der Waals surface area contributed by atoms with Crippen LogP contribution in [0.4, 0.5) is 0 Å². The van der Waals surface area contributed by atoms with Gasteiger partial charge in [-0.2, -0.15) is 0 Å². The van der Waals surface area contributed by atoms with Gasteiger partial charge in [-0.05, 0) is 38.0 Å². The number of hydrogen-bond donors (Lipinski definition) is 1. The molecule has 0 atom stereocenters. The predicted octanol–water partition coefficient (Wildman–Crippen LogP) is 1.99. The molecule has 0 aliphatic carbocycles. The van der Waals surface area contributed by atoms with E-state index in [9.17, 15) is 4.79 Å². The van der Waals surface area contributed by atoms with E-state index < -0.39 is 0 Å². The highest BCUT2D eigenvalue weighted by atomic mass is 16.5. The van der Waals surface area contributed by atoms with Gasteiger partial charge in [0, 0.05) is 19.7 Å². The van der Waals surface area contributed by atoms with Crippen LogP contribution in [-0.2, 0) is 4.79 Å². The maximum Gasteiger partial charge on any atom is 0.225 e. The Morgan fingerprint density at radius 1 is 1.42 bits per heavy atom. The van der Waals surface area contributed by atoms with Crippen LogP contribution in [0.3, 0.4) is 0 Å². The molecule has 0 saturated carbocycles. The molecule has 0 fully saturated rings. The number of nitrogens with zero attached hydrogens (tertiary/aromatic N) is 1. The molecule has 1 aromatic carbocycles. The zero-order chi connectivity index (χ0) is 14.1. The number of hydrogen-bond acceptors (Lipinski definition) is 3. The lowest BCUT2D eigenvalue weighted by atomic mass is 10.2. The van der Waals surface area contributed by atoms with Gasteiger partial charge in [-0.3, -0.25) is 4.79 Å². The first-order valence-corrected chi connectivity index (χ1v) is 6.75. The minimum Gasteiger partial charge on any atom is -0.493 e. The first kappa shape index (κ1) is 15.5. The van der Waals surface area contributed by atoms with E-state index >= 15 is 0 Å². The second-order valence-electron chi connectivity index (χ2n) is 4.47. The number of carbonyl (C=O) groups is 1. The van der Waals surface area contributed by atoms with Crippen molar-refractivity contribution in [3.8, 4) is 5.75 Å². The number of aliphatic hydroxyl groups excluding tert-OH is 1. The van der Waals surface area contributed by atoms with Crippen molar-refractivity contribution < 1.29 is 14.6 Å². The zero-order valence-corrected chi connectivity index (χ0v) is 11.8. The number of amides is 1. The van der Waals surface area contributed by atoms with Gasteiger partial charge in [0.1, 0.15) is 5.75 Å². The van der Waals surface area contributed by atoms with E-state index in [1.54, 1.807) is 4.90 Å². The van der Waals surface area contributed by atoms with Crippen LogP contribution in [-0.4, -0.2) is 42.2 Å². The fourth-order valence-corrected chi connectivity index (χ4v) is 1.84. The van der Waals surface area contributed by atoms with Crippen molar-refractivity contribution in [2.75, 3.05) is 26.3 Å². The lowest BCUT2D eigenvalue weighted by molar-refractivity contribution is -0.131. The van der Waals surface area contributed by atoms with E-state index in [0.29, 0.717) is 32.5 Å². The number of ether oxygens (including phenoxy) is 1. The summed E-state index contributed by atoms with van der Waals surface area (Å²) >= 11 is 0. The second kappa shape index (κ2) is 8.53. The van der Waals surface area contributed by atoms with Gasteiger partial charge >= 0.3 is 0 Å². The Labute approximate surface area is 115 Å². The molecule has 1 N–H and O–H groups in total. The van der Waals surface area contributed by atoms with E-state index in [1.807, 2.05) is 38.1 Å². The normalized spacial score (nSPS) is 10.3. The average Bonchev–Trinajstić information content (AvgIpc) is 2.39. The molecular formula is C15H23NO3. The summed E-state index contributed by atoms with van der Waals surface area (Å²) in [6, 6.07) is 7.78. The maximum atomic E-state index is 11.9. The molecular weight excluding hydrogens is 242 g/mol. The van der Waals surface area contributed by atoms with Gasteiger partial charge in [-0.15, -0.1) is 0 Å². The summed E-state index contributed by atoms with van der Waals surface area (Å²) in [5.74, 6) is 0.870. The average molecular weight is 265 g/mol. The van der Waals surface area contributed by atoms with Crippen molar-refractivity contribution in [1.82, 2.24) is 4.90 Å². The summed E-state index contributed by atoms with van der Waals surface area (Å²) < 4.78 is 5.56. The Hall–Kier alpha value is -1.55. The monoisotopic (exact) mass is 265 g/mol. The quantitative estimate of drug-likeness (QED) is 0.782. The molecule has 1 aromatic rings. The zero-order valence-electron chi connectivity index (χ0n) is 11.8. The Morgan fingerprint density at radius 3 is 2.84 bits per heavy atom. The van der Waals surface area contributed by atoms with E-state index in [0.717, 1.165) is 11.3 Å². The summed E-state index contributed by atoms with van der Waals surface area (Å²) in [5, 5.41) is 8.78. The first-order valence-electron chi connectivity index (χ1n) is 6.75. The van der Waals surface area contributed by atoms with Gasteiger partial charge in [0.15, 0.2) is 0 Å². The van der Waals surface area contributed by atoms with Crippen LogP contribution in [0.1, 0.15) is 25.3 Å². The number of carbonyl (C=O) groups excluding carboxylic acids is 1. The Kier molecular flexibility index (Phi) is 6.97. The van der Waals surface area contributed by atoms with Crippen molar-refractivity contribution in [2.24, 2.45) is 0 Å². The topological polar surface area (TPSA) is 49.8 Å². The van der Waals surface area contributed by atoms with Crippen LogP contribution < -0.4 is 4.74 Å². The molecule has 0 heterocycles. The third-order valence-electron chi connectivity index (χ3n) is 2.89. The second-order valence-corrected chi connectivity index (χ2v) is 4.47. The van der Waals surface area contributed by atoms with E-state index in [-0.39, 0.29) is 12.5 Å². The van der Waals surface area contributed by atoms with Gasteiger partial charge in [0.05, 0.1) is 13.0 Å². The molecule has 4 nitrogen and oxygen atoms in total. The van der Waals surface area contributed by atoms with Gasteiger partial charge in [-0.25, -0.2) is 0 Å². The van der Waals surface area contributed by atoms with Crippen LogP contribution in [0, 0.1) is 6.92 Å². The minimum absolute atomic E-state index is 0.0728. The summed E-state index contributed by atoms with van der Waals surface area (Å²) in [5.41, 5.74) is 1.14. The van der Waals surface area contributed by atoms with E-state index in [1.165, 1.54) is 0 Å². The molecule has 0 saturated heterocycles. The van der Waals surface area contributed by atoms with Gasteiger partial charge in [-0.1, -0.05) is 12.1 Å². The molecule has 0 aliphatic heterocycles. The summed E-state index contributed by atoms with van der Waals surface area (Å²) in [4.78, 5) is 13.6. The minimum atomic E-state index is 0.0728. The highest BCUT2D eigenvalue weighted by Gasteiger charge is 2.10. The van der Waals surface area contributed by atoms with Crippen molar-refractivity contribution in [3.63, 3.8) is 0 Å². The van der Waals surface area contributed by atoms with Crippen molar-refractivity contribution in [1.29, 1.82) is 0 Å². The van der Waals surface area contributed by atoms with Crippen LogP contribution in [0.15, 0.2) is 24.3 Å². The molecule has 1 rings (SSSR count). The van der Waals surface area contributed by atoms with Crippen LogP contribution in [0.2, 0.25) is 0 Å². The fraction of sp³-hybridized carbons (Fsp3) is 0.533. The summed E-state index contributed by atoms with van der Waals surface area (Å²) in [6.45, 7) is 5.73. The fourth-order valence-electron chi connectivity index (χ4n) is 1.84. The van der Waals surface area contributed by atoms with Gasteiger partial charge in [0.25, 0.3) is 0 Å². The number of benzene rings is 1. The molecule has 4 heteroatoms. The number of rotatable bonds is 8. The third-order valence-corrected chi connectivity index (χ3v) is 2.89. The molecule has 0 unspecified atom stereocenters. The van der Waals surface area contributed by atoms with E-state index in [2.05, 4.69) is 0 Å². The standard InChI is InChI=1S/C15H23NO3/c1-3-16(9-5-10-17)15(18)8-11-19-14-7-4-6-13(2)12-14/h4,6-7,12,17H,3,5,8-11H2,1-2H3. The van der Waals surface area contributed by atoms with Gasteiger partial charge < -0.3 is 14.7 Å². The summed E-state index contributed by atoms with van der Waals surface area (Å²) in [7, 11) is 0. The van der Waals surface area contributed by atoms with Crippen molar-refractivity contribution in [2.45, 2.75) is 26.7 Å². The molecule has 19 heavy (non-hydrogen) atoms. The molecule has 0 bridgehead atoms. The molecule has 1 amide bonds. The Morgan fingerprint density at radius 2 is 2.21 bits per heavy atom.